The van der Waals surface area contributed by atoms with Gasteiger partial charge in [-0.25, -0.2) is 4.39 Å². The maximum Gasteiger partial charge on any atom is 0.101 e. The molecule has 0 saturated heterocycles. The molecule has 24 heavy (non-hydrogen) atoms. The van der Waals surface area contributed by atoms with Crippen LogP contribution in [-0.2, 0) is 11.3 Å². The van der Waals surface area contributed by atoms with Crippen LogP contribution in [0.25, 0.3) is 0 Å². The summed E-state index contributed by atoms with van der Waals surface area (Å²) in [7, 11) is 0. The molecule has 0 aliphatic rings. The zero-order valence-electron chi connectivity index (χ0n) is 14.4. The first-order valence-corrected chi connectivity index (χ1v) is 8.54. The topological polar surface area (TPSA) is 29.5 Å². The van der Waals surface area contributed by atoms with E-state index in [1.807, 2.05) is 30.3 Å². The standard InChI is InChI=1S/C21H29FO2/c1-3-5-8-14-21(22)19(15-20(23)13-6-4-2)17-24-16-18-11-9-7-10-12-18/h3-4,7,9-12,14,19-20,23H,1-2,5-6,8,13,15-17H2/b21-14-. The van der Waals surface area contributed by atoms with Gasteiger partial charge < -0.3 is 9.84 Å². The maximum atomic E-state index is 14.4. The molecule has 3 heteroatoms. The van der Waals surface area contributed by atoms with Crippen molar-refractivity contribution in [3.05, 3.63) is 73.1 Å². The van der Waals surface area contributed by atoms with E-state index in [0.29, 0.717) is 25.9 Å². The van der Waals surface area contributed by atoms with Crippen molar-refractivity contribution in [2.75, 3.05) is 6.61 Å². The van der Waals surface area contributed by atoms with Gasteiger partial charge in [-0.2, -0.15) is 0 Å². The van der Waals surface area contributed by atoms with Crippen molar-refractivity contribution in [3.8, 4) is 0 Å². The minimum Gasteiger partial charge on any atom is -0.393 e. The predicted octanol–water partition coefficient (Wildman–Crippen LogP) is 5.36. The van der Waals surface area contributed by atoms with E-state index in [2.05, 4.69) is 13.2 Å². The van der Waals surface area contributed by atoms with E-state index in [-0.39, 0.29) is 12.4 Å². The summed E-state index contributed by atoms with van der Waals surface area (Å²) in [4.78, 5) is 0. The smallest absolute Gasteiger partial charge is 0.101 e. The van der Waals surface area contributed by atoms with Crippen LogP contribution in [0.15, 0.2) is 67.5 Å². The molecule has 1 aromatic rings. The summed E-state index contributed by atoms with van der Waals surface area (Å²) in [5.41, 5.74) is 1.06. The second kappa shape index (κ2) is 12.7. The van der Waals surface area contributed by atoms with Crippen LogP contribution >= 0.6 is 0 Å². The Morgan fingerprint density at radius 1 is 1.12 bits per heavy atom. The van der Waals surface area contributed by atoms with Crippen LogP contribution < -0.4 is 0 Å². The molecule has 2 atom stereocenters. The van der Waals surface area contributed by atoms with E-state index in [1.54, 1.807) is 18.2 Å². The van der Waals surface area contributed by atoms with Crippen molar-refractivity contribution in [2.45, 2.75) is 44.8 Å². The third kappa shape index (κ3) is 8.80. The Morgan fingerprint density at radius 2 is 1.83 bits per heavy atom. The quantitative estimate of drug-likeness (QED) is 0.389. The van der Waals surface area contributed by atoms with Crippen LogP contribution in [0.1, 0.15) is 37.7 Å². The first-order valence-electron chi connectivity index (χ1n) is 8.54. The SMILES string of the molecule is C=CCC/C=C(\F)C(COCc1ccccc1)CC(O)CCC=C. The highest BCUT2D eigenvalue weighted by Crippen LogP contribution is 2.22. The first-order chi connectivity index (χ1) is 11.7. The first kappa shape index (κ1) is 20.3. The zero-order chi connectivity index (χ0) is 17.6. The maximum absolute atomic E-state index is 14.4. The molecule has 2 unspecified atom stereocenters. The normalized spacial score (nSPS) is 14.2. The van der Waals surface area contributed by atoms with Gasteiger partial charge >= 0.3 is 0 Å². The Balaban J connectivity index is 2.56. The van der Waals surface area contributed by atoms with Gasteiger partial charge in [0.25, 0.3) is 0 Å². The molecule has 1 N–H and O–H groups in total. The number of aliphatic hydroxyl groups is 1. The Labute approximate surface area is 145 Å². The Morgan fingerprint density at radius 3 is 2.50 bits per heavy atom. The van der Waals surface area contributed by atoms with Gasteiger partial charge in [0.1, 0.15) is 5.83 Å². The number of benzene rings is 1. The molecule has 2 nitrogen and oxygen atoms in total. The van der Waals surface area contributed by atoms with Crippen LogP contribution in [0.5, 0.6) is 0 Å². The van der Waals surface area contributed by atoms with E-state index in [9.17, 15) is 9.50 Å². The molecule has 0 heterocycles. The number of hydrogen-bond acceptors (Lipinski definition) is 2. The second-order valence-electron chi connectivity index (χ2n) is 5.91. The number of allylic oxidation sites excluding steroid dienone is 3. The third-order valence-electron chi connectivity index (χ3n) is 3.79. The fraction of sp³-hybridized carbons (Fsp3) is 0.429. The van der Waals surface area contributed by atoms with E-state index < -0.39 is 12.0 Å². The molecular weight excluding hydrogens is 303 g/mol. The lowest BCUT2D eigenvalue weighted by Crippen LogP contribution is -2.19. The minimum atomic E-state index is -0.549. The van der Waals surface area contributed by atoms with Crippen LogP contribution in [0, 0.1) is 5.92 Å². The summed E-state index contributed by atoms with van der Waals surface area (Å²) >= 11 is 0. The summed E-state index contributed by atoms with van der Waals surface area (Å²) in [6, 6.07) is 9.80. The largest absolute Gasteiger partial charge is 0.393 e. The lowest BCUT2D eigenvalue weighted by molar-refractivity contribution is 0.0613. The monoisotopic (exact) mass is 332 g/mol. The van der Waals surface area contributed by atoms with E-state index >= 15 is 0 Å². The second-order valence-corrected chi connectivity index (χ2v) is 5.91. The van der Waals surface area contributed by atoms with E-state index in [1.165, 1.54) is 0 Å². The number of ether oxygens (including phenoxy) is 1. The van der Waals surface area contributed by atoms with Gasteiger partial charge in [-0.1, -0.05) is 48.6 Å². The molecule has 0 fully saturated rings. The van der Waals surface area contributed by atoms with Crippen molar-refractivity contribution in [1.29, 1.82) is 0 Å². The molecular formula is C21H29FO2. The van der Waals surface area contributed by atoms with Crippen molar-refractivity contribution in [1.82, 2.24) is 0 Å². The van der Waals surface area contributed by atoms with Gasteiger partial charge in [0.15, 0.2) is 0 Å². The Bertz CT molecular complexity index is 496. The van der Waals surface area contributed by atoms with Crippen molar-refractivity contribution >= 4 is 0 Å². The number of rotatable bonds is 13. The molecule has 0 bridgehead atoms. The van der Waals surface area contributed by atoms with Crippen molar-refractivity contribution in [2.24, 2.45) is 5.92 Å². The fourth-order valence-electron chi connectivity index (χ4n) is 2.42. The summed E-state index contributed by atoms with van der Waals surface area (Å²) in [5.74, 6) is -0.624. The molecule has 0 saturated carbocycles. The van der Waals surface area contributed by atoms with Gasteiger partial charge in [0.2, 0.25) is 0 Å². The van der Waals surface area contributed by atoms with Crippen molar-refractivity contribution < 1.29 is 14.2 Å². The van der Waals surface area contributed by atoms with Crippen LogP contribution in [-0.4, -0.2) is 17.8 Å². The van der Waals surface area contributed by atoms with Gasteiger partial charge in [-0.3, -0.25) is 0 Å². The molecule has 1 rings (SSSR count). The van der Waals surface area contributed by atoms with Crippen molar-refractivity contribution in [3.63, 3.8) is 0 Å². The Kier molecular flexibility index (Phi) is 10.7. The highest BCUT2D eigenvalue weighted by molar-refractivity contribution is 5.13. The van der Waals surface area contributed by atoms with Gasteiger partial charge in [0, 0.05) is 5.92 Å². The highest BCUT2D eigenvalue weighted by Gasteiger charge is 2.19. The summed E-state index contributed by atoms with van der Waals surface area (Å²) in [5, 5.41) is 10.1. The van der Waals surface area contributed by atoms with E-state index in [4.69, 9.17) is 4.74 Å². The minimum absolute atomic E-state index is 0.206. The van der Waals surface area contributed by atoms with Gasteiger partial charge in [0.05, 0.1) is 19.3 Å². The molecule has 0 aliphatic carbocycles. The molecule has 0 aromatic heterocycles. The third-order valence-corrected chi connectivity index (χ3v) is 3.79. The summed E-state index contributed by atoms with van der Waals surface area (Å²) in [6.07, 6.45) is 7.60. The molecule has 1 aromatic carbocycles. The van der Waals surface area contributed by atoms with Gasteiger partial charge in [-0.15, -0.1) is 13.2 Å². The molecule has 132 valence electrons. The number of aliphatic hydroxyl groups excluding tert-OH is 1. The molecule has 0 amide bonds. The highest BCUT2D eigenvalue weighted by atomic mass is 19.1. The molecule has 0 radical (unpaired) electrons. The van der Waals surface area contributed by atoms with Crippen LogP contribution in [0.2, 0.25) is 0 Å². The molecule has 0 aliphatic heterocycles. The molecule has 0 spiro atoms. The zero-order valence-corrected chi connectivity index (χ0v) is 14.4. The van der Waals surface area contributed by atoms with Crippen LogP contribution in [0.3, 0.4) is 0 Å². The van der Waals surface area contributed by atoms with Crippen LogP contribution in [0.4, 0.5) is 4.39 Å². The summed E-state index contributed by atoms with van der Waals surface area (Å²) in [6.45, 7) is 8.00. The fourth-order valence-corrected chi connectivity index (χ4v) is 2.42. The lowest BCUT2D eigenvalue weighted by Gasteiger charge is -2.19. The van der Waals surface area contributed by atoms with E-state index in [0.717, 1.165) is 18.4 Å². The Hall–Kier alpha value is -1.71. The predicted molar refractivity (Wildman–Crippen MR) is 98.3 cm³/mol. The average molecular weight is 332 g/mol. The summed E-state index contributed by atoms with van der Waals surface area (Å²) < 4.78 is 20.1. The average Bonchev–Trinajstić information content (AvgIpc) is 2.60. The number of halogens is 1. The van der Waals surface area contributed by atoms with Gasteiger partial charge in [-0.05, 0) is 37.7 Å². The lowest BCUT2D eigenvalue weighted by atomic mass is 9.97. The number of hydrogen-bond donors (Lipinski definition) is 1. The number of unbranched alkanes of at least 4 members (excludes halogenated alkanes) is 1.